The van der Waals surface area contributed by atoms with Crippen LogP contribution in [0.5, 0.6) is 0 Å². The van der Waals surface area contributed by atoms with Crippen molar-refractivity contribution in [2.45, 2.75) is 32.9 Å². The van der Waals surface area contributed by atoms with Crippen LogP contribution >= 0.6 is 0 Å². The maximum atomic E-state index is 9.73. The molecule has 2 rings (SSSR count). The summed E-state index contributed by atoms with van der Waals surface area (Å²) >= 11 is 0. The molecule has 0 radical (unpaired) electrons. The molecule has 0 saturated carbocycles. The lowest BCUT2D eigenvalue weighted by atomic mass is 9.97. The van der Waals surface area contributed by atoms with Gasteiger partial charge in [0.25, 0.3) is 0 Å². The van der Waals surface area contributed by atoms with Gasteiger partial charge in [-0.1, -0.05) is 6.92 Å². The molecule has 4 nitrogen and oxygen atoms in total. The number of aliphatic hydroxyl groups excluding tert-OH is 1. The first-order valence-corrected chi connectivity index (χ1v) is 6.21. The molecule has 1 aromatic heterocycles. The third-order valence-electron chi connectivity index (χ3n) is 3.42. The van der Waals surface area contributed by atoms with Gasteiger partial charge in [-0.2, -0.15) is 0 Å². The Morgan fingerprint density at radius 1 is 1.53 bits per heavy atom. The van der Waals surface area contributed by atoms with E-state index in [0.717, 1.165) is 36.6 Å². The number of anilines is 1. The van der Waals surface area contributed by atoms with Crippen molar-refractivity contribution in [3.63, 3.8) is 0 Å². The highest BCUT2D eigenvalue weighted by molar-refractivity contribution is 5.43. The first-order chi connectivity index (χ1) is 8.10. The standard InChI is InChI=1S/C13H21N3O/c1-9-8-16(4-3-12(9)17)13-6-11(7-14)5-10(2)15-13/h5-6,9,12,17H,3-4,7-8,14H2,1-2H3. The minimum absolute atomic E-state index is 0.176. The third-order valence-corrected chi connectivity index (χ3v) is 3.42. The molecule has 2 heterocycles. The van der Waals surface area contributed by atoms with Crippen LogP contribution in [0.4, 0.5) is 5.82 Å². The smallest absolute Gasteiger partial charge is 0.129 e. The number of aryl methyl sites for hydroxylation is 1. The van der Waals surface area contributed by atoms with Gasteiger partial charge in [0, 0.05) is 25.3 Å². The van der Waals surface area contributed by atoms with E-state index in [1.807, 2.05) is 13.0 Å². The average Bonchev–Trinajstić information content (AvgIpc) is 2.32. The summed E-state index contributed by atoms with van der Waals surface area (Å²) in [4.78, 5) is 6.79. The topological polar surface area (TPSA) is 62.4 Å². The molecule has 4 heteroatoms. The monoisotopic (exact) mass is 235 g/mol. The van der Waals surface area contributed by atoms with Gasteiger partial charge in [-0.15, -0.1) is 0 Å². The van der Waals surface area contributed by atoms with Crippen LogP contribution in [0.25, 0.3) is 0 Å². The Bertz CT molecular complexity index is 394. The summed E-state index contributed by atoms with van der Waals surface area (Å²) in [5, 5.41) is 9.73. The third kappa shape index (κ3) is 2.76. The summed E-state index contributed by atoms with van der Waals surface area (Å²) < 4.78 is 0. The van der Waals surface area contributed by atoms with Crippen LogP contribution in [0.2, 0.25) is 0 Å². The zero-order valence-corrected chi connectivity index (χ0v) is 10.6. The molecular weight excluding hydrogens is 214 g/mol. The highest BCUT2D eigenvalue weighted by atomic mass is 16.3. The number of rotatable bonds is 2. The minimum atomic E-state index is -0.176. The van der Waals surface area contributed by atoms with Crippen molar-refractivity contribution in [3.05, 3.63) is 23.4 Å². The summed E-state index contributed by atoms with van der Waals surface area (Å²) in [7, 11) is 0. The number of hydrogen-bond acceptors (Lipinski definition) is 4. The van der Waals surface area contributed by atoms with E-state index in [2.05, 4.69) is 22.9 Å². The van der Waals surface area contributed by atoms with Crippen LogP contribution in [-0.2, 0) is 6.54 Å². The number of hydrogen-bond donors (Lipinski definition) is 2. The molecule has 1 aliphatic rings. The Morgan fingerprint density at radius 2 is 2.29 bits per heavy atom. The molecule has 1 saturated heterocycles. The minimum Gasteiger partial charge on any atom is -0.393 e. The van der Waals surface area contributed by atoms with E-state index in [0.29, 0.717) is 12.5 Å². The molecule has 2 atom stereocenters. The second kappa shape index (κ2) is 5.02. The zero-order valence-electron chi connectivity index (χ0n) is 10.6. The van der Waals surface area contributed by atoms with Gasteiger partial charge in [0.05, 0.1) is 6.10 Å². The van der Waals surface area contributed by atoms with Gasteiger partial charge in [-0.3, -0.25) is 0 Å². The van der Waals surface area contributed by atoms with E-state index in [1.165, 1.54) is 0 Å². The fraction of sp³-hybridized carbons (Fsp3) is 0.615. The highest BCUT2D eigenvalue weighted by Gasteiger charge is 2.25. The summed E-state index contributed by atoms with van der Waals surface area (Å²) in [6.45, 7) is 6.34. The lowest BCUT2D eigenvalue weighted by Crippen LogP contribution is -2.42. The van der Waals surface area contributed by atoms with E-state index in [4.69, 9.17) is 5.73 Å². The Hall–Kier alpha value is -1.13. The maximum Gasteiger partial charge on any atom is 0.129 e. The molecule has 0 aromatic carbocycles. The Labute approximate surface area is 102 Å². The number of aliphatic hydroxyl groups is 1. The summed E-state index contributed by atoms with van der Waals surface area (Å²) in [5.74, 6) is 1.29. The van der Waals surface area contributed by atoms with Gasteiger partial charge in [0.2, 0.25) is 0 Å². The predicted molar refractivity (Wildman–Crippen MR) is 68.9 cm³/mol. The van der Waals surface area contributed by atoms with E-state index in [-0.39, 0.29) is 6.10 Å². The van der Waals surface area contributed by atoms with Crippen molar-refractivity contribution in [3.8, 4) is 0 Å². The van der Waals surface area contributed by atoms with Crippen molar-refractivity contribution in [1.82, 2.24) is 4.98 Å². The lowest BCUT2D eigenvalue weighted by Gasteiger charge is -2.35. The van der Waals surface area contributed by atoms with E-state index >= 15 is 0 Å². The van der Waals surface area contributed by atoms with E-state index in [9.17, 15) is 5.11 Å². The second-order valence-corrected chi connectivity index (χ2v) is 4.96. The van der Waals surface area contributed by atoms with Gasteiger partial charge in [0.1, 0.15) is 5.82 Å². The van der Waals surface area contributed by atoms with Crippen molar-refractivity contribution >= 4 is 5.82 Å². The van der Waals surface area contributed by atoms with Crippen LogP contribution < -0.4 is 10.6 Å². The molecule has 0 spiro atoms. The molecule has 17 heavy (non-hydrogen) atoms. The Balaban J connectivity index is 2.19. The van der Waals surface area contributed by atoms with Crippen molar-refractivity contribution in [1.29, 1.82) is 0 Å². The number of aromatic nitrogens is 1. The molecule has 2 unspecified atom stereocenters. The molecule has 1 fully saturated rings. The average molecular weight is 235 g/mol. The zero-order chi connectivity index (χ0) is 12.4. The van der Waals surface area contributed by atoms with Gasteiger partial charge in [-0.05, 0) is 37.0 Å². The van der Waals surface area contributed by atoms with Crippen LogP contribution in [0.15, 0.2) is 12.1 Å². The molecule has 0 amide bonds. The van der Waals surface area contributed by atoms with Crippen LogP contribution in [0, 0.1) is 12.8 Å². The predicted octanol–water partition coefficient (Wildman–Crippen LogP) is 1.06. The van der Waals surface area contributed by atoms with Crippen LogP contribution in [-0.4, -0.2) is 29.3 Å². The summed E-state index contributed by atoms with van der Waals surface area (Å²) in [6.07, 6.45) is 0.638. The molecule has 0 aliphatic carbocycles. The van der Waals surface area contributed by atoms with Gasteiger partial charge in [0.15, 0.2) is 0 Å². The quantitative estimate of drug-likeness (QED) is 0.804. The molecule has 3 N–H and O–H groups in total. The Morgan fingerprint density at radius 3 is 2.94 bits per heavy atom. The largest absolute Gasteiger partial charge is 0.393 e. The fourth-order valence-corrected chi connectivity index (χ4v) is 2.34. The van der Waals surface area contributed by atoms with Crippen molar-refractivity contribution < 1.29 is 5.11 Å². The maximum absolute atomic E-state index is 9.73. The normalized spacial score (nSPS) is 25.1. The van der Waals surface area contributed by atoms with Gasteiger partial charge in [-0.25, -0.2) is 4.98 Å². The molecule has 0 bridgehead atoms. The first-order valence-electron chi connectivity index (χ1n) is 6.21. The van der Waals surface area contributed by atoms with Gasteiger partial charge >= 0.3 is 0 Å². The second-order valence-electron chi connectivity index (χ2n) is 4.96. The lowest BCUT2D eigenvalue weighted by molar-refractivity contribution is 0.0969. The number of piperidine rings is 1. The Kier molecular flexibility index (Phi) is 3.64. The summed E-state index contributed by atoms with van der Waals surface area (Å²) in [6, 6.07) is 4.07. The van der Waals surface area contributed by atoms with Crippen molar-refractivity contribution in [2.75, 3.05) is 18.0 Å². The van der Waals surface area contributed by atoms with Crippen LogP contribution in [0.1, 0.15) is 24.6 Å². The molecular formula is C13H21N3O. The number of nitrogens with zero attached hydrogens (tertiary/aromatic N) is 2. The van der Waals surface area contributed by atoms with Crippen molar-refractivity contribution in [2.24, 2.45) is 11.7 Å². The van der Waals surface area contributed by atoms with Gasteiger partial charge < -0.3 is 15.7 Å². The van der Waals surface area contributed by atoms with Crippen LogP contribution in [0.3, 0.4) is 0 Å². The SMILES string of the molecule is Cc1cc(CN)cc(N2CCC(O)C(C)C2)n1. The number of nitrogens with two attached hydrogens (primary N) is 1. The number of pyridine rings is 1. The molecule has 94 valence electrons. The summed E-state index contributed by atoms with van der Waals surface area (Å²) in [5.41, 5.74) is 7.80. The van der Waals surface area contributed by atoms with E-state index < -0.39 is 0 Å². The highest BCUT2D eigenvalue weighted by Crippen LogP contribution is 2.23. The fourth-order valence-electron chi connectivity index (χ4n) is 2.34. The van der Waals surface area contributed by atoms with E-state index in [1.54, 1.807) is 0 Å². The molecule has 1 aliphatic heterocycles. The molecule has 1 aromatic rings. The first kappa shape index (κ1) is 12.3.